The number of anilines is 1. The lowest BCUT2D eigenvalue weighted by atomic mass is 9.99. The molecule has 2 atom stereocenters. The smallest absolute Gasteiger partial charge is 0.341 e. The molecule has 1 aliphatic heterocycles. The van der Waals surface area contributed by atoms with E-state index in [0.717, 1.165) is 25.3 Å². The van der Waals surface area contributed by atoms with E-state index in [-0.39, 0.29) is 40.3 Å². The number of pyridine rings is 1. The number of nitriles is 1. The molecule has 2 aliphatic rings. The Morgan fingerprint density at radius 1 is 1.41 bits per heavy atom. The summed E-state index contributed by atoms with van der Waals surface area (Å²) in [6.45, 7) is 3.83. The number of fused-ring (bicyclic) bond motifs is 1. The topological polar surface area (TPSA) is 110 Å². The molecule has 0 amide bonds. The van der Waals surface area contributed by atoms with Crippen LogP contribution in [0, 0.1) is 23.1 Å². The van der Waals surface area contributed by atoms with Crippen LogP contribution in [-0.4, -0.2) is 58.4 Å². The second kappa shape index (κ2) is 8.43. The molecule has 2 unspecified atom stereocenters. The molecule has 0 spiro atoms. The molecule has 32 heavy (non-hydrogen) atoms. The highest BCUT2D eigenvalue weighted by molar-refractivity contribution is 5.96. The Balaban J connectivity index is 1.73. The maximum Gasteiger partial charge on any atom is 0.341 e. The summed E-state index contributed by atoms with van der Waals surface area (Å²) in [6, 6.07) is 3.38. The average Bonchev–Trinajstić information content (AvgIpc) is 3.49. The van der Waals surface area contributed by atoms with Crippen LogP contribution >= 0.6 is 0 Å². The van der Waals surface area contributed by atoms with Crippen molar-refractivity contribution >= 4 is 22.6 Å². The predicted molar refractivity (Wildman–Crippen MR) is 118 cm³/mol. The molecular formula is C23H27FN4O4. The lowest BCUT2D eigenvalue weighted by molar-refractivity contribution is 0.0694. The first-order valence-corrected chi connectivity index (χ1v) is 10.9. The van der Waals surface area contributed by atoms with Gasteiger partial charge >= 0.3 is 5.97 Å². The van der Waals surface area contributed by atoms with Gasteiger partial charge < -0.3 is 24.6 Å². The monoisotopic (exact) mass is 442 g/mol. The zero-order valence-electron chi connectivity index (χ0n) is 18.2. The fourth-order valence-electron chi connectivity index (χ4n) is 4.73. The zero-order chi connectivity index (χ0) is 23.2. The number of carbonyl (C=O) groups is 1. The van der Waals surface area contributed by atoms with Gasteiger partial charge in [0.2, 0.25) is 5.43 Å². The molecule has 4 rings (SSSR count). The number of hydrogen-bond donors (Lipinski definition) is 2. The number of hydrogen-bond acceptors (Lipinski definition) is 6. The van der Waals surface area contributed by atoms with E-state index in [2.05, 4.69) is 17.9 Å². The van der Waals surface area contributed by atoms with E-state index in [0.29, 0.717) is 26.1 Å². The normalized spacial score (nSPS) is 19.5. The van der Waals surface area contributed by atoms with Crippen molar-refractivity contribution in [2.45, 2.75) is 44.7 Å². The van der Waals surface area contributed by atoms with E-state index in [1.807, 2.05) is 7.05 Å². The van der Waals surface area contributed by atoms with E-state index < -0.39 is 22.8 Å². The van der Waals surface area contributed by atoms with Crippen molar-refractivity contribution in [3.63, 3.8) is 0 Å². The summed E-state index contributed by atoms with van der Waals surface area (Å²) in [5, 5.41) is 29.2. The third-order valence-corrected chi connectivity index (χ3v) is 6.88. The van der Waals surface area contributed by atoms with Crippen LogP contribution < -0.4 is 10.3 Å². The number of carboxylic acids is 1. The Morgan fingerprint density at radius 2 is 2.12 bits per heavy atom. The highest BCUT2D eigenvalue weighted by Gasteiger charge is 2.34. The molecule has 8 nitrogen and oxygen atoms in total. The number of phenolic OH excluding ortho intramolecular Hbond substituents is 1. The summed E-state index contributed by atoms with van der Waals surface area (Å²) in [4.78, 5) is 28.1. The van der Waals surface area contributed by atoms with Crippen LogP contribution in [0.3, 0.4) is 0 Å². The third kappa shape index (κ3) is 3.79. The molecule has 2 aromatic rings. The molecule has 1 saturated heterocycles. The lowest BCUT2D eigenvalue weighted by Crippen LogP contribution is -2.37. The Hall–Kier alpha value is -3.12. The first-order valence-electron chi connectivity index (χ1n) is 10.9. The summed E-state index contributed by atoms with van der Waals surface area (Å²) in [6.07, 6.45) is 4.13. The van der Waals surface area contributed by atoms with Crippen molar-refractivity contribution in [3.05, 3.63) is 33.9 Å². The minimum atomic E-state index is -1.37. The SMILES string of the molecule is CC(C1CCN(c2c(F)cc3c(=O)c(C(=O)O)cn(C4CC4)c3c2O)C1)N(C)CCC#N. The molecule has 1 aromatic heterocycles. The van der Waals surface area contributed by atoms with Crippen molar-refractivity contribution in [2.24, 2.45) is 5.92 Å². The van der Waals surface area contributed by atoms with Gasteiger partial charge in [0.15, 0.2) is 11.6 Å². The molecule has 0 bridgehead atoms. The van der Waals surface area contributed by atoms with Gasteiger partial charge in [-0.2, -0.15) is 5.26 Å². The van der Waals surface area contributed by atoms with Crippen LogP contribution in [0.2, 0.25) is 0 Å². The van der Waals surface area contributed by atoms with Crippen molar-refractivity contribution in [2.75, 3.05) is 31.6 Å². The number of benzene rings is 1. The minimum Gasteiger partial charge on any atom is -0.504 e. The highest BCUT2D eigenvalue weighted by atomic mass is 19.1. The van der Waals surface area contributed by atoms with Gasteiger partial charge in [-0.25, -0.2) is 9.18 Å². The predicted octanol–water partition coefficient (Wildman–Crippen LogP) is 2.94. The molecule has 1 aliphatic carbocycles. The number of aromatic hydroxyl groups is 1. The van der Waals surface area contributed by atoms with Crippen molar-refractivity contribution in [1.82, 2.24) is 9.47 Å². The Kier molecular flexibility index (Phi) is 5.82. The van der Waals surface area contributed by atoms with E-state index in [9.17, 15) is 19.8 Å². The summed E-state index contributed by atoms with van der Waals surface area (Å²) < 4.78 is 16.8. The first-order chi connectivity index (χ1) is 15.2. The van der Waals surface area contributed by atoms with Crippen LogP contribution in [0.25, 0.3) is 10.9 Å². The molecule has 0 radical (unpaired) electrons. The van der Waals surface area contributed by atoms with Crippen LogP contribution in [0.4, 0.5) is 10.1 Å². The van der Waals surface area contributed by atoms with Gasteiger partial charge in [0, 0.05) is 44.3 Å². The standard InChI is InChI=1S/C23H27FN4O4/c1-13(26(2)8-3-7-25)14-6-9-27(11-14)20-18(24)10-16-19(22(20)30)28(15-4-5-15)12-17(21(16)29)23(31)32/h10,12-15,30H,3-6,8-9,11H2,1-2H3,(H,31,32). The molecule has 1 aromatic carbocycles. The molecule has 170 valence electrons. The molecule has 1 saturated carbocycles. The van der Waals surface area contributed by atoms with E-state index in [1.165, 1.54) is 6.20 Å². The van der Waals surface area contributed by atoms with Gasteiger partial charge in [-0.05, 0) is 45.2 Å². The minimum absolute atomic E-state index is 0.0134. The number of rotatable bonds is 7. The van der Waals surface area contributed by atoms with Crippen molar-refractivity contribution in [3.8, 4) is 11.8 Å². The molecular weight excluding hydrogens is 415 g/mol. The van der Waals surface area contributed by atoms with Crippen LogP contribution in [-0.2, 0) is 0 Å². The van der Waals surface area contributed by atoms with Gasteiger partial charge in [0.05, 0.1) is 17.0 Å². The van der Waals surface area contributed by atoms with Gasteiger partial charge in [0.25, 0.3) is 0 Å². The average molecular weight is 442 g/mol. The maximum absolute atomic E-state index is 15.2. The maximum atomic E-state index is 15.2. The molecule has 2 N–H and O–H groups in total. The highest BCUT2D eigenvalue weighted by Crippen LogP contribution is 2.44. The fourth-order valence-corrected chi connectivity index (χ4v) is 4.73. The van der Waals surface area contributed by atoms with Gasteiger partial charge in [0.1, 0.15) is 11.3 Å². The third-order valence-electron chi connectivity index (χ3n) is 6.88. The van der Waals surface area contributed by atoms with Crippen LogP contribution in [0.5, 0.6) is 5.75 Å². The Bertz CT molecular complexity index is 1170. The van der Waals surface area contributed by atoms with E-state index in [1.54, 1.807) is 9.47 Å². The molecule has 9 heteroatoms. The first kappa shape index (κ1) is 22.1. The number of halogens is 1. The summed E-state index contributed by atoms with van der Waals surface area (Å²) in [5.74, 6) is -2.18. The largest absolute Gasteiger partial charge is 0.504 e. The number of aromatic nitrogens is 1. The van der Waals surface area contributed by atoms with Gasteiger partial charge in [-0.3, -0.25) is 4.79 Å². The van der Waals surface area contributed by atoms with Crippen LogP contribution in [0.1, 0.15) is 49.0 Å². The quantitative estimate of drug-likeness (QED) is 0.678. The molecule has 2 fully saturated rings. The summed E-state index contributed by atoms with van der Waals surface area (Å²) in [5.41, 5.74) is -0.964. The number of nitrogens with zero attached hydrogens (tertiary/aromatic N) is 4. The number of phenols is 1. The van der Waals surface area contributed by atoms with E-state index in [4.69, 9.17) is 5.26 Å². The van der Waals surface area contributed by atoms with Crippen molar-refractivity contribution < 1.29 is 19.4 Å². The fraction of sp³-hybridized carbons (Fsp3) is 0.522. The zero-order valence-corrected chi connectivity index (χ0v) is 18.2. The lowest BCUT2D eigenvalue weighted by Gasteiger charge is -2.29. The summed E-state index contributed by atoms with van der Waals surface area (Å²) >= 11 is 0. The van der Waals surface area contributed by atoms with Gasteiger partial charge in [-0.15, -0.1) is 0 Å². The second-order valence-electron chi connectivity index (χ2n) is 8.89. The van der Waals surface area contributed by atoms with E-state index >= 15 is 4.39 Å². The Labute approximate surface area is 185 Å². The van der Waals surface area contributed by atoms with Gasteiger partial charge in [-0.1, -0.05) is 0 Å². The van der Waals surface area contributed by atoms with Crippen molar-refractivity contribution in [1.29, 1.82) is 5.26 Å². The van der Waals surface area contributed by atoms with Crippen LogP contribution in [0.15, 0.2) is 17.1 Å². The molecule has 2 heterocycles. The number of aromatic carboxylic acids is 1. The number of carboxylic acid groups (broad SMARTS) is 1. The Morgan fingerprint density at radius 3 is 2.75 bits per heavy atom. The second-order valence-corrected chi connectivity index (χ2v) is 8.89. The summed E-state index contributed by atoms with van der Waals surface area (Å²) in [7, 11) is 1.97.